The summed E-state index contributed by atoms with van der Waals surface area (Å²) in [7, 11) is 0. The number of pyridine rings is 1. The molecule has 0 saturated carbocycles. The van der Waals surface area contributed by atoms with E-state index >= 15 is 0 Å². The summed E-state index contributed by atoms with van der Waals surface area (Å²) in [6.45, 7) is 0.354. The topological polar surface area (TPSA) is 94.8 Å². The second-order valence-corrected chi connectivity index (χ2v) is 6.34. The number of nitrogens with zero attached hydrogens (tertiary/aromatic N) is 3. The lowest BCUT2D eigenvalue weighted by Gasteiger charge is -2.14. The molecule has 0 aliphatic carbocycles. The molecule has 1 aromatic carbocycles. The Labute approximate surface area is 168 Å². The summed E-state index contributed by atoms with van der Waals surface area (Å²) in [5, 5.41) is 0. The lowest BCUT2D eigenvalue weighted by molar-refractivity contribution is -0.0961. The van der Waals surface area contributed by atoms with Crippen molar-refractivity contribution < 1.29 is 22.0 Å². The van der Waals surface area contributed by atoms with Crippen LogP contribution < -0.4 is 17.0 Å². The van der Waals surface area contributed by atoms with Gasteiger partial charge in [0, 0.05) is 30.6 Å². The first-order valence-corrected chi connectivity index (χ1v) is 8.65. The van der Waals surface area contributed by atoms with Crippen LogP contribution in [0.2, 0.25) is 0 Å². The smallest absolute Gasteiger partial charge is 0.397 e. The van der Waals surface area contributed by atoms with Crippen molar-refractivity contribution in [2.45, 2.75) is 19.1 Å². The standard InChI is InChI=1S/C19H17F5N6/c20-13-2-1-11(14(21)8-13)4-6-30-9-16(28-10-30)15-7-12(3-5-27-15)17(25)18(29-26)19(22,23)24/h1-3,5,7-10,29H,4,6,25-26H2/b18-17-. The van der Waals surface area contributed by atoms with Crippen LogP contribution in [0.3, 0.4) is 0 Å². The van der Waals surface area contributed by atoms with Gasteiger partial charge in [-0.05, 0) is 30.2 Å². The number of imidazole rings is 1. The van der Waals surface area contributed by atoms with Gasteiger partial charge in [-0.2, -0.15) is 13.2 Å². The van der Waals surface area contributed by atoms with Gasteiger partial charge in [-0.15, -0.1) is 0 Å². The van der Waals surface area contributed by atoms with Gasteiger partial charge in [0.25, 0.3) is 0 Å². The molecule has 0 amide bonds. The Morgan fingerprint density at radius 3 is 2.50 bits per heavy atom. The third-order valence-electron chi connectivity index (χ3n) is 4.32. The predicted molar refractivity (Wildman–Crippen MR) is 100 cm³/mol. The van der Waals surface area contributed by atoms with Crippen molar-refractivity contribution in [1.29, 1.82) is 0 Å². The number of hydrazine groups is 1. The lowest BCUT2D eigenvalue weighted by atomic mass is 10.1. The second-order valence-electron chi connectivity index (χ2n) is 6.34. The number of aromatic nitrogens is 3. The highest BCUT2D eigenvalue weighted by Crippen LogP contribution is 2.28. The van der Waals surface area contributed by atoms with Crippen molar-refractivity contribution >= 4 is 5.70 Å². The first-order valence-electron chi connectivity index (χ1n) is 8.65. The van der Waals surface area contributed by atoms with E-state index in [1.807, 2.05) is 0 Å². The van der Waals surface area contributed by atoms with Crippen LogP contribution in [-0.4, -0.2) is 20.7 Å². The first-order chi connectivity index (χ1) is 14.2. The Hall–Kier alpha value is -3.47. The highest BCUT2D eigenvalue weighted by Gasteiger charge is 2.36. The molecule has 11 heteroatoms. The van der Waals surface area contributed by atoms with E-state index in [4.69, 9.17) is 11.6 Å². The number of alkyl halides is 3. The van der Waals surface area contributed by atoms with Crippen LogP contribution in [0.15, 0.2) is 54.7 Å². The number of nitrogens with one attached hydrogen (secondary N) is 1. The zero-order chi connectivity index (χ0) is 21.9. The van der Waals surface area contributed by atoms with Gasteiger partial charge in [-0.3, -0.25) is 10.8 Å². The minimum absolute atomic E-state index is 0.0632. The molecule has 0 saturated heterocycles. The Bertz CT molecular complexity index is 1070. The third kappa shape index (κ3) is 4.74. The summed E-state index contributed by atoms with van der Waals surface area (Å²) in [5.41, 5.74) is 6.44. The van der Waals surface area contributed by atoms with Crippen LogP contribution >= 0.6 is 0 Å². The number of rotatable bonds is 6. The Balaban J connectivity index is 1.80. The maximum atomic E-state index is 13.7. The number of nitrogens with two attached hydrogens (primary N) is 2. The SMILES string of the molecule is NN/C(=C(\N)c1ccnc(-c2cn(CCc3ccc(F)cc3F)cn2)c1)C(F)(F)F. The molecule has 3 rings (SSSR count). The van der Waals surface area contributed by atoms with Crippen molar-refractivity contribution in [3.63, 3.8) is 0 Å². The Morgan fingerprint density at radius 2 is 1.83 bits per heavy atom. The Kier molecular flexibility index (Phi) is 6.01. The molecule has 30 heavy (non-hydrogen) atoms. The fraction of sp³-hybridized carbons (Fsp3) is 0.158. The van der Waals surface area contributed by atoms with Gasteiger partial charge in [-0.1, -0.05) is 6.07 Å². The van der Waals surface area contributed by atoms with E-state index in [2.05, 4.69) is 9.97 Å². The molecular weight excluding hydrogens is 407 g/mol. The van der Waals surface area contributed by atoms with Crippen molar-refractivity contribution in [3.8, 4) is 11.4 Å². The average molecular weight is 424 g/mol. The largest absolute Gasteiger partial charge is 0.434 e. The van der Waals surface area contributed by atoms with Gasteiger partial charge in [-0.25, -0.2) is 13.8 Å². The molecule has 3 aromatic rings. The monoisotopic (exact) mass is 424 g/mol. The van der Waals surface area contributed by atoms with E-state index in [0.717, 1.165) is 6.07 Å². The van der Waals surface area contributed by atoms with E-state index in [1.165, 1.54) is 36.8 Å². The maximum Gasteiger partial charge on any atom is 0.434 e. The highest BCUT2D eigenvalue weighted by atomic mass is 19.4. The minimum atomic E-state index is -4.75. The highest BCUT2D eigenvalue weighted by molar-refractivity contribution is 5.69. The van der Waals surface area contributed by atoms with Crippen LogP contribution in [0.25, 0.3) is 17.1 Å². The van der Waals surface area contributed by atoms with Crippen molar-refractivity contribution in [1.82, 2.24) is 20.0 Å². The molecule has 0 bridgehead atoms. The van der Waals surface area contributed by atoms with Crippen LogP contribution in [-0.2, 0) is 13.0 Å². The molecule has 0 aliphatic heterocycles. The van der Waals surface area contributed by atoms with Gasteiger partial charge in [0.05, 0.1) is 17.7 Å². The fourth-order valence-corrected chi connectivity index (χ4v) is 2.78. The van der Waals surface area contributed by atoms with E-state index in [9.17, 15) is 22.0 Å². The van der Waals surface area contributed by atoms with Gasteiger partial charge < -0.3 is 15.7 Å². The fourth-order valence-electron chi connectivity index (χ4n) is 2.78. The maximum absolute atomic E-state index is 13.7. The molecule has 0 radical (unpaired) electrons. The van der Waals surface area contributed by atoms with Crippen molar-refractivity contribution in [2.75, 3.05) is 0 Å². The minimum Gasteiger partial charge on any atom is -0.397 e. The summed E-state index contributed by atoms with van der Waals surface area (Å²) in [6.07, 6.45) is -0.0667. The summed E-state index contributed by atoms with van der Waals surface area (Å²) >= 11 is 0. The second kappa shape index (κ2) is 8.49. The molecule has 0 aliphatic rings. The van der Waals surface area contributed by atoms with Crippen LogP contribution in [0.4, 0.5) is 22.0 Å². The lowest BCUT2D eigenvalue weighted by Crippen LogP contribution is -2.34. The molecular formula is C19H17F5N6. The number of benzene rings is 1. The van der Waals surface area contributed by atoms with Gasteiger partial charge in [0.15, 0.2) is 5.70 Å². The van der Waals surface area contributed by atoms with E-state index in [1.54, 1.807) is 16.2 Å². The van der Waals surface area contributed by atoms with Crippen molar-refractivity contribution in [2.24, 2.45) is 11.6 Å². The Morgan fingerprint density at radius 1 is 1.07 bits per heavy atom. The number of halogens is 5. The van der Waals surface area contributed by atoms with Crippen LogP contribution in [0.5, 0.6) is 0 Å². The van der Waals surface area contributed by atoms with E-state index < -0.39 is 29.2 Å². The van der Waals surface area contributed by atoms with E-state index in [-0.39, 0.29) is 5.56 Å². The third-order valence-corrected chi connectivity index (χ3v) is 4.32. The summed E-state index contributed by atoms with van der Waals surface area (Å²) in [5.74, 6) is 3.67. The quantitative estimate of drug-likeness (QED) is 0.321. The van der Waals surface area contributed by atoms with Crippen LogP contribution in [0, 0.1) is 11.6 Å². The van der Waals surface area contributed by atoms with Gasteiger partial charge >= 0.3 is 6.18 Å². The normalized spacial score (nSPS) is 12.6. The first kappa shape index (κ1) is 21.2. The zero-order valence-electron chi connectivity index (χ0n) is 15.4. The number of hydrogen-bond donors (Lipinski definition) is 3. The predicted octanol–water partition coefficient (Wildman–Crippen LogP) is 3.12. The number of hydrogen-bond acceptors (Lipinski definition) is 5. The summed E-state index contributed by atoms with van der Waals surface area (Å²) in [6, 6.07) is 6.03. The molecule has 5 N–H and O–H groups in total. The molecule has 6 nitrogen and oxygen atoms in total. The number of allylic oxidation sites excluding steroid dienone is 1. The zero-order valence-corrected chi connectivity index (χ0v) is 15.4. The molecule has 0 spiro atoms. The molecule has 2 heterocycles. The molecule has 0 unspecified atom stereocenters. The summed E-state index contributed by atoms with van der Waals surface area (Å²) in [4.78, 5) is 8.28. The van der Waals surface area contributed by atoms with Crippen LogP contribution in [0.1, 0.15) is 11.1 Å². The van der Waals surface area contributed by atoms with Gasteiger partial charge in [0.1, 0.15) is 17.3 Å². The number of aryl methyl sites for hydroxylation is 2. The average Bonchev–Trinajstić information content (AvgIpc) is 3.16. The molecule has 0 fully saturated rings. The van der Waals surface area contributed by atoms with E-state index in [0.29, 0.717) is 29.9 Å². The molecule has 158 valence electrons. The van der Waals surface area contributed by atoms with Gasteiger partial charge in [0.2, 0.25) is 0 Å². The summed E-state index contributed by atoms with van der Waals surface area (Å²) < 4.78 is 67.4. The molecule has 2 aromatic heterocycles. The van der Waals surface area contributed by atoms with Crippen molar-refractivity contribution in [3.05, 3.63) is 77.5 Å². The molecule has 0 atom stereocenters.